The van der Waals surface area contributed by atoms with Crippen molar-refractivity contribution in [2.45, 2.75) is 18.9 Å². The predicted molar refractivity (Wildman–Crippen MR) is 194 cm³/mol. The fraction of sp³-hybridized carbons (Fsp3) is 0.333. The zero-order valence-electron chi connectivity index (χ0n) is 29.4. The van der Waals surface area contributed by atoms with Crippen LogP contribution in [-0.4, -0.2) is 115 Å². The smallest absolute Gasteiger partial charge is 0.262 e. The van der Waals surface area contributed by atoms with E-state index in [1.165, 1.54) is 12.1 Å². The molecule has 4 amide bonds. The number of amides is 4. The van der Waals surface area contributed by atoms with Crippen molar-refractivity contribution in [3.8, 4) is 17.3 Å². The number of piperidine rings is 1. The fourth-order valence-electron chi connectivity index (χ4n) is 6.24. The van der Waals surface area contributed by atoms with Crippen LogP contribution in [0, 0.1) is 0 Å². The van der Waals surface area contributed by atoms with Gasteiger partial charge in [-0.2, -0.15) is 0 Å². The number of carbonyl (C=O) groups is 4. The van der Waals surface area contributed by atoms with E-state index in [0.29, 0.717) is 58.6 Å². The molecule has 5 aromatic rings. The van der Waals surface area contributed by atoms with Gasteiger partial charge in [0.25, 0.3) is 11.8 Å². The lowest BCUT2D eigenvalue weighted by Crippen LogP contribution is -2.54. The number of hydrogen-bond acceptors (Lipinski definition) is 12. The van der Waals surface area contributed by atoms with Crippen molar-refractivity contribution >= 4 is 45.3 Å². The lowest BCUT2D eigenvalue weighted by Gasteiger charge is -2.27. The van der Waals surface area contributed by atoms with Crippen molar-refractivity contribution in [3.63, 3.8) is 0 Å². The number of imide groups is 2. The number of benzene rings is 2. The zero-order valence-corrected chi connectivity index (χ0v) is 29.4. The van der Waals surface area contributed by atoms with Gasteiger partial charge in [0.15, 0.2) is 0 Å². The summed E-state index contributed by atoms with van der Waals surface area (Å²) in [5.41, 5.74) is 1.36. The van der Waals surface area contributed by atoms with Crippen molar-refractivity contribution in [1.82, 2.24) is 24.8 Å². The van der Waals surface area contributed by atoms with Crippen LogP contribution in [-0.2, 0) is 28.5 Å². The van der Waals surface area contributed by atoms with Crippen LogP contribution in [0.3, 0.4) is 0 Å². The quantitative estimate of drug-likeness (QED) is 0.0969. The third-order valence-electron chi connectivity index (χ3n) is 8.94. The lowest BCUT2D eigenvalue weighted by molar-refractivity contribution is -0.136. The Bertz CT molecular complexity index is 2150. The van der Waals surface area contributed by atoms with Gasteiger partial charge in [-0.15, -0.1) is 0 Å². The molecule has 0 bridgehead atoms. The van der Waals surface area contributed by atoms with Crippen LogP contribution in [0.2, 0.25) is 0 Å². The van der Waals surface area contributed by atoms with Gasteiger partial charge in [0, 0.05) is 35.8 Å². The molecular formula is C39H39N5O10. The second-order valence-electron chi connectivity index (χ2n) is 12.5. The summed E-state index contributed by atoms with van der Waals surface area (Å²) in [6, 6.07) is 15.6. The Labute approximate surface area is 310 Å². The summed E-state index contributed by atoms with van der Waals surface area (Å²) in [5.74, 6) is -0.250. The molecule has 3 aromatic heterocycles. The second kappa shape index (κ2) is 17.4. The van der Waals surface area contributed by atoms with Crippen LogP contribution < -0.4 is 14.8 Å². The Balaban J connectivity index is 0.695. The van der Waals surface area contributed by atoms with Crippen LogP contribution in [0.1, 0.15) is 33.6 Å². The molecule has 1 fully saturated rings. The predicted octanol–water partition coefficient (Wildman–Crippen LogP) is 3.50. The number of ether oxygens (including phenoxy) is 6. The van der Waals surface area contributed by atoms with E-state index in [-0.39, 0.29) is 37.2 Å². The average molecular weight is 738 g/mol. The van der Waals surface area contributed by atoms with Gasteiger partial charge in [0.2, 0.25) is 11.8 Å². The van der Waals surface area contributed by atoms with Crippen molar-refractivity contribution in [2.75, 3.05) is 66.1 Å². The minimum Gasteiger partial charge on any atom is -0.491 e. The summed E-state index contributed by atoms with van der Waals surface area (Å²) >= 11 is 0. The molecule has 0 saturated carbocycles. The number of nitrogens with zero attached hydrogens (tertiary/aromatic N) is 4. The lowest BCUT2D eigenvalue weighted by atomic mass is 10.0. The van der Waals surface area contributed by atoms with Gasteiger partial charge in [0.1, 0.15) is 36.6 Å². The standard InChI is InChI=1S/C39H39N5O10/c45-36-6-5-33(37(46)42-36)44-38(47)31-4-3-30(23-32(31)39(44)48)54-20-18-52-16-14-50-12-11-49-13-15-51-17-19-53-29-2-1-27-22-35(41-24-28(27)21-29)43-10-8-26-7-9-40-25-34(26)43/h1-4,7-10,21-25,33H,5-6,11-20H2,(H,42,45,46). The van der Waals surface area contributed by atoms with Crippen LogP contribution >= 0.6 is 0 Å². The van der Waals surface area contributed by atoms with Crippen LogP contribution in [0.4, 0.5) is 0 Å². The molecule has 2 aromatic carbocycles. The van der Waals surface area contributed by atoms with Gasteiger partial charge in [0.05, 0.1) is 75.7 Å². The summed E-state index contributed by atoms with van der Waals surface area (Å²) in [5, 5.41) is 5.34. The van der Waals surface area contributed by atoms with E-state index in [9.17, 15) is 19.2 Å². The first kappa shape index (κ1) is 36.6. The Kier molecular flexibility index (Phi) is 11.8. The number of aromatic nitrogens is 3. The molecule has 2 aliphatic heterocycles. The number of rotatable bonds is 19. The maximum absolute atomic E-state index is 12.9. The monoisotopic (exact) mass is 737 g/mol. The van der Waals surface area contributed by atoms with Crippen molar-refractivity contribution in [2.24, 2.45) is 0 Å². The summed E-state index contributed by atoms with van der Waals surface area (Å²) in [6.07, 6.45) is 7.62. The number of nitrogens with one attached hydrogen (secondary N) is 1. The number of fused-ring (bicyclic) bond motifs is 3. The average Bonchev–Trinajstić information content (AvgIpc) is 3.72. The molecule has 0 aliphatic carbocycles. The van der Waals surface area contributed by atoms with E-state index in [1.54, 1.807) is 12.3 Å². The highest BCUT2D eigenvalue weighted by atomic mass is 16.6. The zero-order chi connectivity index (χ0) is 37.3. The van der Waals surface area contributed by atoms with Crippen molar-refractivity contribution < 1.29 is 47.6 Å². The molecule has 1 atom stereocenters. The topological polar surface area (TPSA) is 170 Å². The Morgan fingerprint density at radius 1 is 0.648 bits per heavy atom. The van der Waals surface area contributed by atoms with Gasteiger partial charge >= 0.3 is 0 Å². The molecule has 0 radical (unpaired) electrons. The fourth-order valence-corrected chi connectivity index (χ4v) is 6.24. The third-order valence-corrected chi connectivity index (χ3v) is 8.94. The van der Waals surface area contributed by atoms with E-state index in [1.807, 2.05) is 59.6 Å². The molecule has 1 N–H and O–H groups in total. The van der Waals surface area contributed by atoms with Crippen molar-refractivity contribution in [1.29, 1.82) is 0 Å². The minimum absolute atomic E-state index is 0.0619. The molecule has 280 valence electrons. The van der Waals surface area contributed by atoms with E-state index in [4.69, 9.17) is 28.4 Å². The van der Waals surface area contributed by atoms with Crippen LogP contribution in [0.15, 0.2) is 79.4 Å². The molecule has 1 saturated heterocycles. The summed E-state index contributed by atoms with van der Waals surface area (Å²) in [4.78, 5) is 59.3. The third kappa shape index (κ3) is 8.55. The van der Waals surface area contributed by atoms with Crippen molar-refractivity contribution in [3.05, 3.63) is 90.5 Å². The SMILES string of the molecule is O=C1CCC(N2C(=O)c3ccc(OCCOCCOCCOCCOCCOc4ccc5cc(-n6ccc7ccncc76)ncc5c4)cc3C2=O)C(=O)N1. The first-order valence-electron chi connectivity index (χ1n) is 17.7. The van der Waals surface area contributed by atoms with Gasteiger partial charge in [-0.3, -0.25) is 38.9 Å². The number of hydrogen-bond donors (Lipinski definition) is 1. The first-order chi connectivity index (χ1) is 26.5. The van der Waals surface area contributed by atoms with Gasteiger partial charge in [-0.25, -0.2) is 4.98 Å². The van der Waals surface area contributed by atoms with Gasteiger partial charge in [-0.1, -0.05) is 6.07 Å². The largest absolute Gasteiger partial charge is 0.491 e. The Morgan fingerprint density at radius 2 is 1.30 bits per heavy atom. The Hall–Kier alpha value is -5.74. The van der Waals surface area contributed by atoms with Gasteiger partial charge < -0.3 is 28.4 Å². The minimum atomic E-state index is -1.01. The first-order valence-corrected chi connectivity index (χ1v) is 17.7. The molecule has 5 heterocycles. The van der Waals surface area contributed by atoms with E-state index in [2.05, 4.69) is 15.3 Å². The normalized spacial score (nSPS) is 15.6. The molecule has 54 heavy (non-hydrogen) atoms. The number of pyridine rings is 2. The molecule has 1 unspecified atom stereocenters. The molecule has 2 aliphatic rings. The highest BCUT2D eigenvalue weighted by molar-refractivity contribution is 6.23. The summed E-state index contributed by atoms with van der Waals surface area (Å²) in [7, 11) is 0. The molecular weight excluding hydrogens is 698 g/mol. The highest BCUT2D eigenvalue weighted by Crippen LogP contribution is 2.30. The molecule has 15 heteroatoms. The van der Waals surface area contributed by atoms with Crippen LogP contribution in [0.5, 0.6) is 11.5 Å². The van der Waals surface area contributed by atoms with E-state index < -0.39 is 29.7 Å². The second-order valence-corrected chi connectivity index (χ2v) is 12.5. The van der Waals surface area contributed by atoms with E-state index in [0.717, 1.165) is 38.1 Å². The highest BCUT2D eigenvalue weighted by Gasteiger charge is 2.44. The van der Waals surface area contributed by atoms with Crippen LogP contribution in [0.25, 0.3) is 27.5 Å². The molecule has 15 nitrogen and oxygen atoms in total. The molecule has 7 rings (SSSR count). The van der Waals surface area contributed by atoms with E-state index >= 15 is 0 Å². The summed E-state index contributed by atoms with van der Waals surface area (Å²) in [6.45, 7) is 3.81. The van der Waals surface area contributed by atoms with Gasteiger partial charge in [-0.05, 0) is 60.3 Å². The number of carbonyl (C=O) groups excluding carboxylic acids is 4. The maximum atomic E-state index is 12.9. The summed E-state index contributed by atoms with van der Waals surface area (Å²) < 4.78 is 35.8. The maximum Gasteiger partial charge on any atom is 0.262 e. The molecule has 0 spiro atoms. The Morgan fingerprint density at radius 3 is 2.00 bits per heavy atom.